The molecule has 0 unspecified atom stereocenters. The van der Waals surface area contributed by atoms with Gasteiger partial charge in [0.15, 0.2) is 5.75 Å². The summed E-state index contributed by atoms with van der Waals surface area (Å²) in [6, 6.07) is 7.51. The average Bonchev–Trinajstić information content (AvgIpc) is 2.58. The van der Waals surface area contributed by atoms with Gasteiger partial charge in [-0.15, -0.1) is 0 Å². The Hall–Kier alpha value is -2.36. The lowest BCUT2D eigenvalue weighted by atomic mass is 10.2. The van der Waals surface area contributed by atoms with Gasteiger partial charge in [-0.05, 0) is 36.8 Å². The third-order valence-electron chi connectivity index (χ3n) is 3.31. The lowest BCUT2D eigenvalue weighted by Gasteiger charge is -2.12. The zero-order valence-electron chi connectivity index (χ0n) is 14.0. The van der Waals surface area contributed by atoms with Gasteiger partial charge in [0, 0.05) is 19.2 Å². The maximum Gasteiger partial charge on any atom is 0.339 e. The molecular formula is C16H16ClNO7S. The lowest BCUT2D eigenvalue weighted by molar-refractivity contribution is -0.384. The minimum Gasteiger partial charge on any atom is -0.491 e. The Kier molecular flexibility index (Phi) is 6.41. The molecule has 0 saturated heterocycles. The first-order valence-electron chi connectivity index (χ1n) is 7.35. The Morgan fingerprint density at radius 3 is 2.38 bits per heavy atom. The highest BCUT2D eigenvalue weighted by Gasteiger charge is 2.21. The van der Waals surface area contributed by atoms with Gasteiger partial charge in [0.25, 0.3) is 5.69 Å². The van der Waals surface area contributed by atoms with Crippen LogP contribution in [-0.2, 0) is 14.9 Å². The molecule has 0 heterocycles. The van der Waals surface area contributed by atoms with E-state index < -0.39 is 15.0 Å². The van der Waals surface area contributed by atoms with Crippen LogP contribution in [0.15, 0.2) is 41.3 Å². The Morgan fingerprint density at radius 2 is 1.81 bits per heavy atom. The van der Waals surface area contributed by atoms with E-state index in [9.17, 15) is 18.5 Å². The zero-order valence-corrected chi connectivity index (χ0v) is 15.5. The first kappa shape index (κ1) is 20.0. The number of benzene rings is 2. The number of methoxy groups -OCH3 is 1. The number of hydrogen-bond donors (Lipinski definition) is 0. The second kappa shape index (κ2) is 8.35. The van der Waals surface area contributed by atoms with E-state index in [0.717, 1.165) is 18.2 Å². The lowest BCUT2D eigenvalue weighted by Crippen LogP contribution is -2.11. The van der Waals surface area contributed by atoms with Crippen LogP contribution in [0.5, 0.6) is 11.5 Å². The van der Waals surface area contributed by atoms with Gasteiger partial charge in [-0.2, -0.15) is 8.42 Å². The Bertz CT molecular complexity index is 915. The summed E-state index contributed by atoms with van der Waals surface area (Å²) in [5.41, 5.74) is 0.328. The van der Waals surface area contributed by atoms with Crippen LogP contribution in [0.3, 0.4) is 0 Å². The number of ether oxygens (including phenoxy) is 2. The number of non-ortho nitro benzene ring substituents is 1. The molecule has 0 bridgehead atoms. The highest BCUT2D eigenvalue weighted by atomic mass is 35.5. The third-order valence-corrected chi connectivity index (χ3v) is 4.83. The molecule has 2 aromatic rings. The summed E-state index contributed by atoms with van der Waals surface area (Å²) in [7, 11) is -2.62. The number of hydrogen-bond acceptors (Lipinski definition) is 7. The average molecular weight is 402 g/mol. The van der Waals surface area contributed by atoms with Gasteiger partial charge in [-0.1, -0.05) is 11.6 Å². The molecule has 0 N–H and O–H groups in total. The first-order chi connectivity index (χ1) is 12.2. The van der Waals surface area contributed by atoms with E-state index in [1.165, 1.54) is 18.2 Å². The fraction of sp³-hybridized carbons (Fsp3) is 0.250. The van der Waals surface area contributed by atoms with Crippen molar-refractivity contribution in [2.75, 3.05) is 20.3 Å². The van der Waals surface area contributed by atoms with Crippen LogP contribution in [0.25, 0.3) is 0 Å². The van der Waals surface area contributed by atoms with Crippen molar-refractivity contribution in [1.29, 1.82) is 0 Å². The van der Waals surface area contributed by atoms with Crippen molar-refractivity contribution < 1.29 is 27.0 Å². The standard InChI is InChI=1S/C16H16ClNO7S/c1-11-9-13(4-6-15(11)24-8-7-23-2)26(21,22)25-16-5-3-12(18(19)20)10-14(16)17/h3-6,9-10H,7-8H2,1-2H3. The van der Waals surface area contributed by atoms with Crippen LogP contribution in [0.1, 0.15) is 5.56 Å². The van der Waals surface area contributed by atoms with Gasteiger partial charge >= 0.3 is 10.1 Å². The fourth-order valence-electron chi connectivity index (χ4n) is 2.01. The summed E-state index contributed by atoms with van der Waals surface area (Å²) >= 11 is 5.87. The maximum absolute atomic E-state index is 12.4. The smallest absolute Gasteiger partial charge is 0.339 e. The van der Waals surface area contributed by atoms with E-state index in [2.05, 4.69) is 0 Å². The molecule has 2 rings (SSSR count). The summed E-state index contributed by atoms with van der Waals surface area (Å²) in [6.07, 6.45) is 0. The molecule has 0 spiro atoms. The van der Waals surface area contributed by atoms with Gasteiger partial charge in [0.05, 0.1) is 16.6 Å². The summed E-state index contributed by atoms with van der Waals surface area (Å²) in [5.74, 6) is 0.324. The molecule has 0 atom stereocenters. The molecule has 2 aromatic carbocycles. The highest BCUT2D eigenvalue weighted by molar-refractivity contribution is 7.87. The van der Waals surface area contributed by atoms with Crippen molar-refractivity contribution in [2.24, 2.45) is 0 Å². The van der Waals surface area contributed by atoms with Crippen LogP contribution < -0.4 is 8.92 Å². The Labute approximate surface area is 155 Å². The predicted molar refractivity (Wildman–Crippen MR) is 94.5 cm³/mol. The predicted octanol–water partition coefficient (Wildman–Crippen LogP) is 3.35. The summed E-state index contributed by atoms with van der Waals surface area (Å²) in [6.45, 7) is 2.43. The Morgan fingerprint density at radius 1 is 1.12 bits per heavy atom. The molecule has 8 nitrogen and oxygen atoms in total. The van der Waals surface area contributed by atoms with E-state index in [1.807, 2.05) is 0 Å². The number of halogens is 1. The molecule has 140 valence electrons. The summed E-state index contributed by atoms with van der Waals surface area (Å²) in [4.78, 5) is 9.97. The van der Waals surface area contributed by atoms with Crippen molar-refractivity contribution in [3.8, 4) is 11.5 Å². The number of rotatable bonds is 8. The summed E-state index contributed by atoms with van der Waals surface area (Å²) in [5, 5.41) is 10.5. The van der Waals surface area contributed by atoms with Gasteiger partial charge in [0.1, 0.15) is 17.3 Å². The molecule has 0 saturated carbocycles. The SMILES string of the molecule is COCCOc1ccc(S(=O)(=O)Oc2ccc([N+](=O)[O-])cc2Cl)cc1C. The van der Waals surface area contributed by atoms with E-state index in [4.69, 9.17) is 25.3 Å². The summed E-state index contributed by atoms with van der Waals surface area (Å²) < 4.78 is 40.2. The van der Waals surface area contributed by atoms with E-state index in [0.29, 0.717) is 24.5 Å². The first-order valence-corrected chi connectivity index (χ1v) is 9.14. The van der Waals surface area contributed by atoms with Crippen molar-refractivity contribution in [3.05, 3.63) is 57.1 Å². The number of nitrogens with zero attached hydrogens (tertiary/aromatic N) is 1. The van der Waals surface area contributed by atoms with Gasteiger partial charge in [0.2, 0.25) is 0 Å². The molecule has 10 heteroatoms. The van der Waals surface area contributed by atoms with E-state index in [-0.39, 0.29) is 21.4 Å². The van der Waals surface area contributed by atoms with Gasteiger partial charge < -0.3 is 13.7 Å². The van der Waals surface area contributed by atoms with Crippen molar-refractivity contribution in [3.63, 3.8) is 0 Å². The van der Waals surface area contributed by atoms with E-state index in [1.54, 1.807) is 14.0 Å². The normalized spacial score (nSPS) is 11.2. The second-order valence-corrected chi connectivity index (χ2v) is 7.13. The minimum atomic E-state index is -4.17. The van der Waals surface area contributed by atoms with Crippen LogP contribution in [0.4, 0.5) is 5.69 Å². The van der Waals surface area contributed by atoms with E-state index >= 15 is 0 Å². The zero-order chi connectivity index (χ0) is 19.3. The van der Waals surface area contributed by atoms with Crippen LogP contribution >= 0.6 is 11.6 Å². The largest absolute Gasteiger partial charge is 0.491 e. The van der Waals surface area contributed by atoms with Crippen LogP contribution in [-0.4, -0.2) is 33.7 Å². The third kappa shape index (κ3) is 4.84. The van der Waals surface area contributed by atoms with Crippen molar-refractivity contribution in [1.82, 2.24) is 0 Å². The van der Waals surface area contributed by atoms with Crippen molar-refractivity contribution in [2.45, 2.75) is 11.8 Å². The maximum atomic E-state index is 12.4. The second-order valence-electron chi connectivity index (χ2n) is 5.18. The van der Waals surface area contributed by atoms with Crippen LogP contribution in [0.2, 0.25) is 5.02 Å². The topological polar surface area (TPSA) is 105 Å². The molecule has 0 fully saturated rings. The fourth-order valence-corrected chi connectivity index (χ4v) is 3.30. The molecule has 0 aliphatic carbocycles. The highest BCUT2D eigenvalue weighted by Crippen LogP contribution is 2.31. The molecule has 0 aliphatic rings. The van der Waals surface area contributed by atoms with Crippen LogP contribution in [0, 0.1) is 17.0 Å². The van der Waals surface area contributed by atoms with Gasteiger partial charge in [-0.3, -0.25) is 10.1 Å². The quantitative estimate of drug-likeness (QED) is 0.289. The molecule has 26 heavy (non-hydrogen) atoms. The molecule has 0 amide bonds. The number of aryl methyl sites for hydroxylation is 1. The molecular weight excluding hydrogens is 386 g/mol. The molecule has 0 aromatic heterocycles. The number of nitro benzene ring substituents is 1. The van der Waals surface area contributed by atoms with Crippen molar-refractivity contribution >= 4 is 27.4 Å². The minimum absolute atomic E-state index is 0.0940. The molecule has 0 radical (unpaired) electrons. The molecule has 0 aliphatic heterocycles. The monoisotopic (exact) mass is 401 g/mol. The number of nitro groups is 1. The Balaban J connectivity index is 2.22. The van der Waals surface area contributed by atoms with Gasteiger partial charge in [-0.25, -0.2) is 0 Å².